The molecular weight excluding hydrogens is 408 g/mol. The number of nitro benzene ring substituents is 1. The highest BCUT2D eigenvalue weighted by Crippen LogP contribution is 2.49. The second kappa shape index (κ2) is 9.69. The lowest BCUT2D eigenvalue weighted by molar-refractivity contribution is -0.386. The van der Waals surface area contributed by atoms with Crippen molar-refractivity contribution in [3.8, 4) is 5.75 Å². The van der Waals surface area contributed by atoms with Crippen LogP contribution in [0.4, 0.5) is 5.69 Å². The second-order valence-corrected chi connectivity index (χ2v) is 7.71. The van der Waals surface area contributed by atoms with E-state index in [1.54, 1.807) is 33.8 Å². The van der Waals surface area contributed by atoms with Gasteiger partial charge in [-0.3, -0.25) is 19.9 Å². The topological polar surface area (TPSA) is 149 Å². The van der Waals surface area contributed by atoms with Crippen LogP contribution >= 0.6 is 0 Å². The number of nitro groups is 1. The molecule has 0 amide bonds. The first-order valence-electron chi connectivity index (χ1n) is 9.68. The minimum Gasteiger partial charge on any atom is -0.487 e. The highest BCUT2D eigenvalue weighted by atomic mass is 16.6. The Morgan fingerprint density at radius 2 is 2.03 bits per heavy atom. The van der Waals surface area contributed by atoms with Gasteiger partial charge in [0, 0.05) is 47.9 Å². The molecule has 2 rings (SSSR count). The molecule has 10 heteroatoms. The smallest absolute Gasteiger partial charge is 0.334 e. The van der Waals surface area contributed by atoms with Crippen molar-refractivity contribution in [2.24, 2.45) is 10.9 Å². The largest absolute Gasteiger partial charge is 0.487 e. The van der Waals surface area contributed by atoms with E-state index in [9.17, 15) is 24.8 Å². The average Bonchev–Trinajstić information content (AvgIpc) is 2.66. The molecule has 0 saturated heterocycles. The molecule has 2 unspecified atom stereocenters. The van der Waals surface area contributed by atoms with Crippen molar-refractivity contribution in [3.05, 3.63) is 45.1 Å². The molecule has 1 aromatic carbocycles. The van der Waals surface area contributed by atoms with Gasteiger partial charge in [0.1, 0.15) is 5.60 Å². The fourth-order valence-electron chi connectivity index (χ4n) is 4.08. The molecule has 0 fully saturated rings. The number of benzene rings is 1. The number of nitrogens with zero attached hydrogens (tertiary/aromatic N) is 2. The summed E-state index contributed by atoms with van der Waals surface area (Å²) in [6.07, 6.45) is 0.237. The normalized spacial score (nSPS) is 18.9. The first-order valence-corrected chi connectivity index (χ1v) is 9.68. The van der Waals surface area contributed by atoms with Crippen LogP contribution in [0, 0.1) is 16.0 Å². The van der Waals surface area contributed by atoms with Crippen molar-refractivity contribution in [2.45, 2.75) is 45.6 Å². The number of rotatable bonds is 10. The maximum atomic E-state index is 12.2. The van der Waals surface area contributed by atoms with E-state index in [1.165, 1.54) is 12.1 Å². The van der Waals surface area contributed by atoms with Gasteiger partial charge in [0.25, 0.3) is 6.47 Å². The van der Waals surface area contributed by atoms with Gasteiger partial charge in [-0.25, -0.2) is 4.79 Å². The number of hydrogen-bond acceptors (Lipinski definition) is 8. The van der Waals surface area contributed by atoms with Gasteiger partial charge < -0.3 is 19.7 Å². The van der Waals surface area contributed by atoms with Crippen LogP contribution in [0.1, 0.15) is 45.6 Å². The number of aliphatic carboxylic acids is 1. The maximum Gasteiger partial charge on any atom is 0.334 e. The summed E-state index contributed by atoms with van der Waals surface area (Å²) in [7, 11) is 0. The van der Waals surface area contributed by atoms with E-state index in [-0.39, 0.29) is 54.4 Å². The molecule has 0 radical (unpaired) electrons. The zero-order valence-corrected chi connectivity index (χ0v) is 17.8. The van der Waals surface area contributed by atoms with Crippen molar-refractivity contribution in [3.63, 3.8) is 0 Å². The van der Waals surface area contributed by atoms with Gasteiger partial charge in [0.05, 0.1) is 17.1 Å². The summed E-state index contributed by atoms with van der Waals surface area (Å²) < 4.78 is 11.0. The highest BCUT2D eigenvalue weighted by molar-refractivity contribution is 5.97. The van der Waals surface area contributed by atoms with Gasteiger partial charge in [0.2, 0.25) is 5.75 Å². The molecule has 0 aromatic heterocycles. The van der Waals surface area contributed by atoms with E-state index < -0.39 is 28.3 Å². The van der Waals surface area contributed by atoms with Gasteiger partial charge in [-0.15, -0.1) is 0 Å². The highest BCUT2D eigenvalue weighted by Gasteiger charge is 2.47. The number of hydrogen-bond donors (Lipinski definition) is 2. The number of carbonyl (C=O) groups is 2. The molecule has 31 heavy (non-hydrogen) atoms. The number of carboxylic acid groups (broad SMARTS) is 1. The summed E-state index contributed by atoms with van der Waals surface area (Å²) in [5, 5.41) is 30.7. The van der Waals surface area contributed by atoms with E-state index in [4.69, 9.17) is 14.6 Å². The number of carbonyl (C=O) groups excluding carboxylic acids is 1. The lowest BCUT2D eigenvalue weighted by Gasteiger charge is -2.41. The number of allylic oxidation sites excluding steroid dienone is 1. The number of aliphatic hydroxyl groups excluding tert-OH is 1. The third kappa shape index (κ3) is 4.91. The number of carboxylic acids is 1. The molecule has 0 aliphatic carbocycles. The lowest BCUT2D eigenvalue weighted by atomic mass is 9.68. The van der Waals surface area contributed by atoms with Crippen LogP contribution < -0.4 is 4.74 Å². The predicted octanol–water partition coefficient (Wildman–Crippen LogP) is 2.84. The van der Waals surface area contributed by atoms with Crippen molar-refractivity contribution in [2.75, 3.05) is 13.2 Å². The van der Waals surface area contributed by atoms with Gasteiger partial charge >= 0.3 is 11.7 Å². The number of aliphatic hydroxyl groups is 1. The first-order chi connectivity index (χ1) is 14.6. The molecule has 1 aromatic rings. The van der Waals surface area contributed by atoms with Crippen LogP contribution in [-0.4, -0.2) is 52.1 Å². The Morgan fingerprint density at radius 1 is 1.35 bits per heavy atom. The summed E-state index contributed by atoms with van der Waals surface area (Å²) in [5.41, 5.74) is -0.524. The molecule has 1 aliphatic heterocycles. The van der Waals surface area contributed by atoms with Crippen molar-refractivity contribution in [1.29, 1.82) is 0 Å². The van der Waals surface area contributed by atoms with Crippen LogP contribution in [-0.2, 0) is 14.3 Å². The van der Waals surface area contributed by atoms with Crippen molar-refractivity contribution >= 4 is 23.8 Å². The van der Waals surface area contributed by atoms with Gasteiger partial charge in [0.15, 0.2) is 0 Å². The molecular formula is C21H26N2O8. The molecule has 10 nitrogen and oxygen atoms in total. The van der Waals surface area contributed by atoms with Crippen LogP contribution in [0.15, 0.2) is 34.5 Å². The predicted molar refractivity (Wildman–Crippen MR) is 111 cm³/mol. The Balaban J connectivity index is 2.82. The standard InChI is InChI=1S/C21H26N2O8/c1-12-16(20(26)27)17(18(13(2)22-12)21(3,4)31-11-25)14-7-5-8-15(23(28)29)19(14)30-10-6-9-24/h5,7-8,11,17-18,24H,6,9-10H2,1-4H3,(H,26,27). The minimum atomic E-state index is -1.24. The Labute approximate surface area is 179 Å². The van der Waals surface area contributed by atoms with Crippen LogP contribution in [0.5, 0.6) is 5.75 Å². The summed E-state index contributed by atoms with van der Waals surface area (Å²) >= 11 is 0. The van der Waals surface area contributed by atoms with Crippen LogP contribution in [0.3, 0.4) is 0 Å². The van der Waals surface area contributed by atoms with Crippen LogP contribution in [0.2, 0.25) is 0 Å². The fourth-order valence-corrected chi connectivity index (χ4v) is 4.08. The van der Waals surface area contributed by atoms with Crippen LogP contribution in [0.25, 0.3) is 0 Å². The molecule has 2 N–H and O–H groups in total. The van der Waals surface area contributed by atoms with Gasteiger partial charge in [-0.1, -0.05) is 12.1 Å². The summed E-state index contributed by atoms with van der Waals surface area (Å²) in [6, 6.07) is 4.28. The van der Waals surface area contributed by atoms with Crippen molar-refractivity contribution < 1.29 is 34.2 Å². The molecule has 1 heterocycles. The number of ether oxygens (including phenoxy) is 2. The molecule has 2 atom stereocenters. The number of para-hydroxylation sites is 1. The second-order valence-electron chi connectivity index (χ2n) is 7.71. The van der Waals surface area contributed by atoms with Crippen molar-refractivity contribution in [1.82, 2.24) is 0 Å². The average molecular weight is 434 g/mol. The Kier molecular flexibility index (Phi) is 7.50. The van der Waals surface area contributed by atoms with Gasteiger partial charge in [-0.2, -0.15) is 0 Å². The molecule has 0 spiro atoms. The molecule has 168 valence electrons. The Morgan fingerprint density at radius 3 is 2.58 bits per heavy atom. The van der Waals surface area contributed by atoms with E-state index in [2.05, 4.69) is 4.99 Å². The third-order valence-electron chi connectivity index (χ3n) is 5.26. The van der Waals surface area contributed by atoms with E-state index in [0.717, 1.165) is 0 Å². The maximum absolute atomic E-state index is 12.2. The summed E-state index contributed by atoms with van der Waals surface area (Å²) in [5.74, 6) is -2.98. The molecule has 0 saturated carbocycles. The SMILES string of the molecule is CC1=NC(C)=C(C(=O)O)C(c2cccc([N+](=O)[O-])c2OCCCO)C1C(C)(C)OC=O. The lowest BCUT2D eigenvalue weighted by Crippen LogP contribution is -2.45. The molecule has 0 bridgehead atoms. The van der Waals surface area contributed by atoms with Gasteiger partial charge in [-0.05, 0) is 27.7 Å². The third-order valence-corrected chi connectivity index (χ3v) is 5.26. The first kappa shape index (κ1) is 24.0. The quantitative estimate of drug-likeness (QED) is 0.247. The number of aliphatic imine (C=N–C) groups is 1. The van der Waals surface area contributed by atoms with E-state index in [0.29, 0.717) is 5.71 Å². The Bertz CT molecular complexity index is 935. The monoisotopic (exact) mass is 434 g/mol. The summed E-state index contributed by atoms with van der Waals surface area (Å²) in [6.45, 7) is 6.60. The minimum absolute atomic E-state index is 0.00184. The van der Waals surface area contributed by atoms with E-state index >= 15 is 0 Å². The molecule has 1 aliphatic rings. The van der Waals surface area contributed by atoms with E-state index in [1.807, 2.05) is 0 Å². The zero-order valence-electron chi connectivity index (χ0n) is 17.8. The Hall–Kier alpha value is -3.27. The zero-order chi connectivity index (χ0) is 23.3. The fraction of sp³-hybridized carbons (Fsp3) is 0.476. The summed E-state index contributed by atoms with van der Waals surface area (Å²) in [4.78, 5) is 38.8.